The summed E-state index contributed by atoms with van der Waals surface area (Å²) in [5.74, 6) is -4.38. The Morgan fingerprint density at radius 3 is 1.93 bits per heavy atom. The molecule has 0 fully saturated rings. The zero-order valence-corrected chi connectivity index (χ0v) is 17.5. The first-order valence-electron chi connectivity index (χ1n) is 9.08. The average Bonchev–Trinajstić information content (AvgIpc) is 2.55. The van der Waals surface area contributed by atoms with E-state index in [4.69, 9.17) is 9.84 Å². The number of aliphatic carboxylic acids is 1. The normalized spacial score (nSPS) is 14.3. The number of hydrogen-bond acceptors (Lipinski definition) is 6. The minimum atomic E-state index is -1.55. The molecule has 3 amide bonds. The lowest BCUT2D eigenvalue weighted by Gasteiger charge is -2.26. The van der Waals surface area contributed by atoms with Gasteiger partial charge in [0.15, 0.2) is 5.78 Å². The molecule has 0 unspecified atom stereocenters. The highest BCUT2D eigenvalue weighted by atomic mass is 19.1. The minimum Gasteiger partial charge on any atom is -0.481 e. The van der Waals surface area contributed by atoms with E-state index in [1.807, 2.05) is 0 Å². The van der Waals surface area contributed by atoms with Gasteiger partial charge in [0, 0.05) is 0 Å². The fraction of sp³-hybridized carbons (Fsp3) is 0.722. The summed E-state index contributed by atoms with van der Waals surface area (Å²) in [6.07, 6.45) is -1.59. The second-order valence-electron chi connectivity index (χ2n) is 7.86. The Labute approximate surface area is 168 Å². The maximum absolute atomic E-state index is 12.6. The highest BCUT2D eigenvalue weighted by Crippen LogP contribution is 2.09. The highest BCUT2D eigenvalue weighted by molar-refractivity contribution is 5.95. The number of carboxylic acid groups (broad SMARTS) is 1. The van der Waals surface area contributed by atoms with Crippen molar-refractivity contribution in [3.05, 3.63) is 0 Å². The summed E-state index contributed by atoms with van der Waals surface area (Å²) in [6.45, 7) is 8.20. The number of alkyl carbamates (subject to hydrolysis) is 1. The van der Waals surface area contributed by atoms with Gasteiger partial charge in [-0.15, -0.1) is 0 Å². The van der Waals surface area contributed by atoms with Crippen LogP contribution in [0.15, 0.2) is 0 Å². The second kappa shape index (κ2) is 11.3. The van der Waals surface area contributed by atoms with Gasteiger partial charge in [-0.05, 0) is 33.6 Å². The van der Waals surface area contributed by atoms with Crippen LogP contribution in [0.1, 0.15) is 48.0 Å². The zero-order valence-electron chi connectivity index (χ0n) is 17.5. The minimum absolute atomic E-state index is 0.342. The maximum atomic E-state index is 12.6. The quantitative estimate of drug-likeness (QED) is 0.403. The van der Waals surface area contributed by atoms with Crippen LogP contribution in [0, 0.1) is 5.92 Å². The molecule has 0 aromatic heterocycles. The molecular formula is C18H30FN3O7. The predicted molar refractivity (Wildman–Crippen MR) is 101 cm³/mol. The lowest BCUT2D eigenvalue weighted by atomic mass is 10.0. The zero-order chi connectivity index (χ0) is 22.9. The van der Waals surface area contributed by atoms with Crippen molar-refractivity contribution in [2.75, 3.05) is 6.67 Å². The first-order valence-corrected chi connectivity index (χ1v) is 9.08. The summed E-state index contributed by atoms with van der Waals surface area (Å²) in [7, 11) is 0. The number of carbonyl (C=O) groups is 5. The number of hydrogen-bond donors (Lipinski definition) is 4. The number of ketones is 1. The van der Waals surface area contributed by atoms with Gasteiger partial charge in [0.25, 0.3) is 0 Å². The van der Waals surface area contributed by atoms with Crippen LogP contribution in [0.4, 0.5) is 9.18 Å². The van der Waals surface area contributed by atoms with E-state index in [1.54, 1.807) is 34.6 Å². The van der Waals surface area contributed by atoms with Crippen molar-refractivity contribution in [3.8, 4) is 0 Å². The molecule has 0 spiro atoms. The van der Waals surface area contributed by atoms with Crippen LogP contribution in [0.25, 0.3) is 0 Å². The van der Waals surface area contributed by atoms with Gasteiger partial charge in [-0.3, -0.25) is 19.2 Å². The Hall–Kier alpha value is -2.72. The molecule has 0 bridgehead atoms. The number of ether oxygens (including phenoxy) is 1. The molecule has 4 N–H and O–H groups in total. The summed E-state index contributed by atoms with van der Waals surface area (Å²) in [4.78, 5) is 58.8. The first kappa shape index (κ1) is 26.3. The molecular weight excluding hydrogens is 389 g/mol. The molecule has 0 aromatic rings. The van der Waals surface area contributed by atoms with Crippen LogP contribution in [0.3, 0.4) is 0 Å². The standard InChI is InChI=1S/C18H30FN3O7/c1-9(2)14(22-17(28)29-18(4,5)6)16(27)20-10(3)15(26)21-11(7-13(24)25)12(23)8-19/h9-11,14H,7-8H2,1-6H3,(H,20,27)(H,21,26)(H,22,28)(H,24,25)/t10-,11-,14-/m0/s1. The fourth-order valence-corrected chi connectivity index (χ4v) is 2.15. The molecule has 0 aliphatic heterocycles. The van der Waals surface area contributed by atoms with Crippen LogP contribution in [0.5, 0.6) is 0 Å². The maximum Gasteiger partial charge on any atom is 0.408 e. The van der Waals surface area contributed by atoms with Crippen LogP contribution in [-0.2, 0) is 23.9 Å². The molecule has 11 heteroatoms. The molecule has 0 aliphatic rings. The van der Waals surface area contributed by atoms with Crippen LogP contribution < -0.4 is 16.0 Å². The van der Waals surface area contributed by atoms with E-state index in [0.717, 1.165) is 0 Å². The van der Waals surface area contributed by atoms with Gasteiger partial charge < -0.3 is 25.8 Å². The highest BCUT2D eigenvalue weighted by Gasteiger charge is 2.30. The second-order valence-corrected chi connectivity index (χ2v) is 7.86. The van der Waals surface area contributed by atoms with Crippen molar-refractivity contribution in [1.82, 2.24) is 16.0 Å². The summed E-state index contributed by atoms with van der Waals surface area (Å²) < 4.78 is 17.7. The molecule has 0 radical (unpaired) electrons. The predicted octanol–water partition coefficient (Wildman–Crippen LogP) is 0.539. The number of carbonyl (C=O) groups excluding carboxylic acids is 4. The van der Waals surface area contributed by atoms with Gasteiger partial charge in [-0.1, -0.05) is 13.8 Å². The Bertz CT molecular complexity index is 631. The van der Waals surface area contributed by atoms with Crippen molar-refractivity contribution in [2.45, 2.75) is 71.7 Å². The topological polar surface area (TPSA) is 151 Å². The van der Waals surface area contributed by atoms with Gasteiger partial charge >= 0.3 is 12.1 Å². The van der Waals surface area contributed by atoms with Crippen LogP contribution in [0.2, 0.25) is 0 Å². The van der Waals surface area contributed by atoms with Gasteiger partial charge in [0.1, 0.15) is 30.4 Å². The third-order valence-electron chi connectivity index (χ3n) is 3.59. The lowest BCUT2D eigenvalue weighted by Crippen LogP contribution is -2.56. The van der Waals surface area contributed by atoms with Gasteiger partial charge in [0.05, 0.1) is 6.42 Å². The van der Waals surface area contributed by atoms with Gasteiger partial charge in [-0.2, -0.15) is 0 Å². The average molecular weight is 419 g/mol. The van der Waals surface area contributed by atoms with E-state index in [1.165, 1.54) is 6.92 Å². The van der Waals surface area contributed by atoms with E-state index in [2.05, 4.69) is 16.0 Å². The van der Waals surface area contributed by atoms with Crippen LogP contribution in [-0.4, -0.2) is 65.2 Å². The monoisotopic (exact) mass is 419 g/mol. The number of nitrogens with one attached hydrogen (secondary N) is 3. The first-order chi connectivity index (χ1) is 13.2. The van der Waals surface area contributed by atoms with Crippen molar-refractivity contribution in [2.24, 2.45) is 5.92 Å². The molecule has 0 aliphatic carbocycles. The number of halogens is 1. The largest absolute Gasteiger partial charge is 0.481 e. The van der Waals surface area contributed by atoms with Crippen molar-refractivity contribution in [1.29, 1.82) is 0 Å². The van der Waals surface area contributed by atoms with E-state index in [0.29, 0.717) is 0 Å². The lowest BCUT2D eigenvalue weighted by molar-refractivity contribution is -0.140. The summed E-state index contributed by atoms with van der Waals surface area (Å²) >= 11 is 0. The van der Waals surface area contributed by atoms with E-state index in [-0.39, 0.29) is 5.92 Å². The Balaban J connectivity index is 5.03. The van der Waals surface area contributed by atoms with E-state index in [9.17, 15) is 28.4 Å². The van der Waals surface area contributed by atoms with Gasteiger partial charge in [0.2, 0.25) is 11.8 Å². The van der Waals surface area contributed by atoms with Gasteiger partial charge in [-0.25, -0.2) is 9.18 Å². The molecule has 29 heavy (non-hydrogen) atoms. The smallest absolute Gasteiger partial charge is 0.408 e. The van der Waals surface area contributed by atoms with Crippen LogP contribution >= 0.6 is 0 Å². The molecule has 10 nitrogen and oxygen atoms in total. The number of Topliss-reactive ketones (excluding diaryl/α,β-unsaturated/α-hetero) is 1. The molecule has 0 saturated carbocycles. The number of carboxylic acids is 1. The third-order valence-corrected chi connectivity index (χ3v) is 3.59. The molecule has 166 valence electrons. The third kappa shape index (κ3) is 10.4. The SMILES string of the molecule is CC(C)[C@H](NC(=O)OC(C)(C)C)C(=O)N[C@@H](C)C(=O)N[C@@H](CC(=O)O)C(=O)CF. The van der Waals surface area contributed by atoms with Crippen molar-refractivity contribution in [3.63, 3.8) is 0 Å². The summed E-state index contributed by atoms with van der Waals surface area (Å²) in [5, 5.41) is 15.7. The summed E-state index contributed by atoms with van der Waals surface area (Å²) in [5.41, 5.74) is -0.766. The number of rotatable bonds is 10. The molecule has 0 aromatic carbocycles. The Kier molecular flexibility index (Phi) is 10.3. The van der Waals surface area contributed by atoms with Crippen molar-refractivity contribution < 1.29 is 38.2 Å². The fourth-order valence-electron chi connectivity index (χ4n) is 2.15. The number of alkyl halides is 1. The van der Waals surface area contributed by atoms with E-state index >= 15 is 0 Å². The molecule has 0 heterocycles. The molecule has 3 atom stereocenters. The Morgan fingerprint density at radius 2 is 1.52 bits per heavy atom. The van der Waals surface area contributed by atoms with E-state index < -0.39 is 66.5 Å². The molecule has 0 rings (SSSR count). The van der Waals surface area contributed by atoms with Crippen molar-refractivity contribution >= 4 is 29.7 Å². The molecule has 0 saturated heterocycles. The summed E-state index contributed by atoms with van der Waals surface area (Å²) in [6, 6.07) is -3.74. The Morgan fingerprint density at radius 1 is 0.966 bits per heavy atom. The number of amides is 3.